The molecule has 0 saturated carbocycles. The van der Waals surface area contributed by atoms with E-state index in [-0.39, 0.29) is 38.0 Å². The molecule has 0 radical (unpaired) electrons. The van der Waals surface area contributed by atoms with E-state index in [1.165, 1.54) is 0 Å². The van der Waals surface area contributed by atoms with Gasteiger partial charge in [0.2, 0.25) is 5.91 Å². The third-order valence-electron chi connectivity index (χ3n) is 8.96. The first kappa shape index (κ1) is 37.9. The van der Waals surface area contributed by atoms with Crippen LogP contribution < -0.4 is 15.5 Å². The number of benzene rings is 3. The number of rotatable bonds is 12. The first-order chi connectivity index (χ1) is 25.0. The van der Waals surface area contributed by atoms with Crippen molar-refractivity contribution in [2.24, 2.45) is 0 Å². The molecule has 2 heterocycles. The van der Waals surface area contributed by atoms with Gasteiger partial charge in [0.1, 0.15) is 0 Å². The number of hydrogen-bond donors (Lipinski definition) is 5. The van der Waals surface area contributed by atoms with Crippen LogP contribution in [-0.2, 0) is 32.1 Å². The maximum Gasteiger partial charge on any atom is 0.317 e. The standard InChI is InChI=1S/C38H42N6O7S/c45-34(44-22-30-7-2-1-5-28(30)11-12-29-6-3-4-8-33(29)44)15-16-39-38(52)40-31-13-9-27(10-14-31)21-32-23-42(25-36(48)49)18-17-41(24-35(46)47)19-20-43(32)26-37(50)51/h1-10,13-14,32H,15-26H2,(H,46,47)(H,48,49)(H,50,51)(H2,39,40,52). The lowest BCUT2D eigenvalue weighted by molar-refractivity contribution is -0.140. The van der Waals surface area contributed by atoms with Gasteiger partial charge in [-0.3, -0.25) is 33.9 Å². The van der Waals surface area contributed by atoms with Crippen molar-refractivity contribution in [3.63, 3.8) is 0 Å². The summed E-state index contributed by atoms with van der Waals surface area (Å²) in [5.74, 6) is 3.33. The summed E-state index contributed by atoms with van der Waals surface area (Å²) in [6, 6.07) is 22.6. The number of aliphatic carboxylic acids is 3. The van der Waals surface area contributed by atoms with Gasteiger partial charge in [-0.1, -0.05) is 54.3 Å². The minimum atomic E-state index is -1.02. The number of carboxylic acids is 3. The van der Waals surface area contributed by atoms with Gasteiger partial charge in [0.15, 0.2) is 5.11 Å². The lowest BCUT2D eigenvalue weighted by Crippen LogP contribution is -2.49. The lowest BCUT2D eigenvalue weighted by atomic mass is 10.0. The maximum atomic E-state index is 13.5. The molecule has 52 heavy (non-hydrogen) atoms. The molecule has 14 heteroatoms. The highest BCUT2D eigenvalue weighted by molar-refractivity contribution is 7.80. The molecule has 1 atom stereocenters. The van der Waals surface area contributed by atoms with Crippen molar-refractivity contribution in [1.29, 1.82) is 0 Å². The van der Waals surface area contributed by atoms with Crippen LogP contribution in [0.3, 0.4) is 0 Å². The molecule has 13 nitrogen and oxygen atoms in total. The average Bonchev–Trinajstić information content (AvgIpc) is 3.16. The van der Waals surface area contributed by atoms with Gasteiger partial charge in [-0.05, 0) is 60.1 Å². The average molecular weight is 727 g/mol. The zero-order chi connectivity index (χ0) is 37.0. The van der Waals surface area contributed by atoms with Crippen molar-refractivity contribution in [3.05, 3.63) is 95.1 Å². The Hall–Kier alpha value is -5.33. The number of nitrogens with one attached hydrogen (secondary N) is 2. The number of nitrogens with zero attached hydrogens (tertiary/aromatic N) is 4. The molecule has 0 spiro atoms. The van der Waals surface area contributed by atoms with Gasteiger partial charge in [-0.2, -0.15) is 0 Å². The molecule has 272 valence electrons. The molecule has 0 aromatic heterocycles. The molecular formula is C38H42N6O7S. The van der Waals surface area contributed by atoms with Crippen LogP contribution in [0.2, 0.25) is 0 Å². The van der Waals surface area contributed by atoms with E-state index >= 15 is 0 Å². The predicted molar refractivity (Wildman–Crippen MR) is 200 cm³/mol. The van der Waals surface area contributed by atoms with Crippen LogP contribution in [0.5, 0.6) is 0 Å². The fraction of sp³-hybridized carbons (Fsp3) is 0.342. The second-order valence-corrected chi connectivity index (χ2v) is 13.2. The molecule has 3 aromatic rings. The summed E-state index contributed by atoms with van der Waals surface area (Å²) in [5.41, 5.74) is 5.06. The Balaban J connectivity index is 1.18. The minimum Gasteiger partial charge on any atom is -0.480 e. The van der Waals surface area contributed by atoms with E-state index in [1.54, 1.807) is 19.6 Å². The SMILES string of the molecule is O=C(O)CN1CCN(CC(=O)O)CC(Cc2ccc(NC(=S)NCCC(=O)N3Cc4ccccc4C#Cc4ccccc43)cc2)N(CC(=O)O)CC1. The molecule has 1 saturated heterocycles. The summed E-state index contributed by atoms with van der Waals surface area (Å²) in [5, 5.41) is 35.1. The van der Waals surface area contributed by atoms with Crippen LogP contribution in [0.25, 0.3) is 0 Å². The number of thiocarbonyl (C=S) groups is 1. The molecular weight excluding hydrogens is 685 g/mol. The monoisotopic (exact) mass is 726 g/mol. The fourth-order valence-electron chi connectivity index (χ4n) is 6.41. The molecule has 2 aliphatic heterocycles. The molecule has 5 N–H and O–H groups in total. The maximum absolute atomic E-state index is 13.5. The quantitative estimate of drug-likeness (QED) is 0.137. The predicted octanol–water partition coefficient (Wildman–Crippen LogP) is 2.39. The van der Waals surface area contributed by atoms with Gasteiger partial charge in [0.05, 0.1) is 31.9 Å². The second-order valence-electron chi connectivity index (χ2n) is 12.8. The summed E-state index contributed by atoms with van der Waals surface area (Å²) in [6.45, 7) is 1.64. The number of hydrogen-bond acceptors (Lipinski definition) is 8. The van der Waals surface area contributed by atoms with Gasteiger partial charge in [0.25, 0.3) is 0 Å². The molecule has 2 aliphatic rings. The summed E-state index contributed by atoms with van der Waals surface area (Å²) < 4.78 is 0. The third kappa shape index (κ3) is 11.1. The zero-order valence-corrected chi connectivity index (χ0v) is 29.5. The highest BCUT2D eigenvalue weighted by Crippen LogP contribution is 2.26. The van der Waals surface area contributed by atoms with Gasteiger partial charge >= 0.3 is 17.9 Å². The highest BCUT2D eigenvalue weighted by Gasteiger charge is 2.28. The van der Waals surface area contributed by atoms with E-state index < -0.39 is 17.9 Å². The third-order valence-corrected chi connectivity index (χ3v) is 9.20. The van der Waals surface area contributed by atoms with Gasteiger partial charge in [-0.15, -0.1) is 0 Å². The molecule has 3 aromatic carbocycles. The molecule has 1 amide bonds. The number of carbonyl (C=O) groups is 4. The lowest BCUT2D eigenvalue weighted by Gasteiger charge is -2.33. The first-order valence-corrected chi connectivity index (χ1v) is 17.4. The summed E-state index contributed by atoms with van der Waals surface area (Å²) in [4.78, 5) is 55.4. The minimum absolute atomic E-state index is 0.0658. The van der Waals surface area contributed by atoms with Crippen LogP contribution in [0, 0.1) is 11.8 Å². The van der Waals surface area contributed by atoms with Crippen molar-refractivity contribution in [2.45, 2.75) is 25.4 Å². The summed E-state index contributed by atoms with van der Waals surface area (Å²) in [7, 11) is 0. The highest BCUT2D eigenvalue weighted by atomic mass is 32.1. The van der Waals surface area contributed by atoms with E-state index in [9.17, 15) is 34.5 Å². The Morgan fingerprint density at radius 3 is 2.10 bits per heavy atom. The van der Waals surface area contributed by atoms with Gasteiger partial charge in [-0.25, -0.2) is 0 Å². The summed E-state index contributed by atoms with van der Waals surface area (Å²) >= 11 is 5.52. The van der Waals surface area contributed by atoms with Crippen LogP contribution in [0.4, 0.5) is 11.4 Å². The Kier molecular flexibility index (Phi) is 13.3. The van der Waals surface area contributed by atoms with Crippen LogP contribution in [0.15, 0.2) is 72.8 Å². The molecule has 5 rings (SSSR count). The normalized spacial score (nSPS) is 16.6. The number of amides is 1. The zero-order valence-electron chi connectivity index (χ0n) is 28.7. The Morgan fingerprint density at radius 2 is 1.37 bits per heavy atom. The topological polar surface area (TPSA) is 166 Å². The van der Waals surface area contributed by atoms with Crippen molar-refractivity contribution in [3.8, 4) is 11.8 Å². The van der Waals surface area contributed by atoms with E-state index in [1.807, 2.05) is 72.8 Å². The van der Waals surface area contributed by atoms with Crippen LogP contribution >= 0.6 is 12.2 Å². The number of para-hydroxylation sites is 1. The largest absolute Gasteiger partial charge is 0.480 e. The molecule has 0 aliphatic carbocycles. The smallest absolute Gasteiger partial charge is 0.317 e. The van der Waals surface area contributed by atoms with Crippen LogP contribution in [0.1, 0.15) is 28.7 Å². The van der Waals surface area contributed by atoms with Gasteiger partial charge < -0.3 is 30.9 Å². The Labute approximate surface area is 307 Å². The molecule has 0 bridgehead atoms. The fourth-order valence-corrected chi connectivity index (χ4v) is 6.63. The number of carboxylic acid groups (broad SMARTS) is 3. The van der Waals surface area contributed by atoms with Crippen LogP contribution in [-0.4, -0.2) is 124 Å². The Morgan fingerprint density at radius 1 is 0.750 bits per heavy atom. The van der Waals surface area contributed by atoms with Crippen molar-refractivity contribution < 1.29 is 34.5 Å². The van der Waals surface area contributed by atoms with Gasteiger partial charge in [0, 0.05) is 68.5 Å². The van der Waals surface area contributed by atoms with E-state index in [2.05, 4.69) is 22.5 Å². The van der Waals surface area contributed by atoms with Crippen molar-refractivity contribution >= 4 is 52.5 Å². The number of carbonyl (C=O) groups excluding carboxylic acids is 1. The number of anilines is 2. The second kappa shape index (κ2) is 18.2. The Bertz CT molecular complexity index is 1840. The summed E-state index contributed by atoms with van der Waals surface area (Å²) in [6.07, 6.45) is 0.648. The molecule has 1 fully saturated rings. The number of fused-ring (bicyclic) bond motifs is 2. The molecule has 1 unspecified atom stereocenters. The van der Waals surface area contributed by atoms with Crippen molar-refractivity contribution in [2.75, 3.05) is 69.1 Å². The van der Waals surface area contributed by atoms with E-state index in [0.717, 1.165) is 27.9 Å². The van der Waals surface area contributed by atoms with E-state index in [4.69, 9.17) is 12.2 Å². The van der Waals surface area contributed by atoms with E-state index in [0.29, 0.717) is 63.0 Å². The van der Waals surface area contributed by atoms with Crippen molar-refractivity contribution in [1.82, 2.24) is 20.0 Å². The first-order valence-electron chi connectivity index (χ1n) is 17.0.